The summed E-state index contributed by atoms with van der Waals surface area (Å²) < 4.78 is 34.9. The van der Waals surface area contributed by atoms with Gasteiger partial charge >= 0.3 is 0 Å². The Morgan fingerprint density at radius 1 is 0.976 bits per heavy atom. The lowest BCUT2D eigenvalue weighted by Crippen LogP contribution is -2.53. The first-order valence-electron chi connectivity index (χ1n) is 14.3. The molecule has 0 unspecified atom stereocenters. The van der Waals surface area contributed by atoms with Crippen LogP contribution in [0.5, 0.6) is 5.75 Å². The van der Waals surface area contributed by atoms with E-state index < -0.39 is 28.5 Å². The van der Waals surface area contributed by atoms with Crippen LogP contribution in [0.25, 0.3) is 0 Å². The second-order valence-electron chi connectivity index (χ2n) is 10.4. The summed E-state index contributed by atoms with van der Waals surface area (Å²) in [6, 6.07) is 20.9. The molecule has 1 aliphatic rings. The van der Waals surface area contributed by atoms with Gasteiger partial charge in [-0.1, -0.05) is 73.3 Å². The number of ether oxygens (including phenoxy) is 1. The first kappa shape index (κ1) is 31.4. The second-order valence-corrected chi connectivity index (χ2v) is 12.7. The number of carbonyl (C=O) groups is 2. The van der Waals surface area contributed by atoms with Gasteiger partial charge in [-0.3, -0.25) is 13.9 Å². The Hall–Kier alpha value is -3.56. The van der Waals surface area contributed by atoms with Crippen LogP contribution >= 0.6 is 11.6 Å². The van der Waals surface area contributed by atoms with E-state index in [9.17, 15) is 18.0 Å². The molecule has 4 rings (SSSR count). The molecule has 42 heavy (non-hydrogen) atoms. The molecule has 1 aliphatic carbocycles. The number of nitrogens with zero attached hydrogens (tertiary/aromatic N) is 2. The maximum atomic E-state index is 14.2. The van der Waals surface area contributed by atoms with Gasteiger partial charge in [-0.15, -0.1) is 0 Å². The van der Waals surface area contributed by atoms with Gasteiger partial charge in [0, 0.05) is 17.6 Å². The van der Waals surface area contributed by atoms with Crippen LogP contribution in [-0.2, 0) is 26.2 Å². The highest BCUT2D eigenvalue weighted by atomic mass is 35.5. The van der Waals surface area contributed by atoms with Crippen LogP contribution in [0.3, 0.4) is 0 Å². The van der Waals surface area contributed by atoms with Crippen molar-refractivity contribution >= 4 is 39.1 Å². The second kappa shape index (κ2) is 14.6. The molecule has 0 heterocycles. The summed E-state index contributed by atoms with van der Waals surface area (Å²) in [5, 5.41) is 3.61. The van der Waals surface area contributed by atoms with Crippen molar-refractivity contribution < 1.29 is 22.7 Å². The first-order chi connectivity index (χ1) is 20.2. The lowest BCUT2D eigenvalue weighted by Gasteiger charge is -2.33. The van der Waals surface area contributed by atoms with Crippen molar-refractivity contribution in [3.05, 3.63) is 89.4 Å². The van der Waals surface area contributed by atoms with E-state index in [1.165, 1.54) is 17.0 Å². The normalized spacial score (nSPS) is 14.5. The highest BCUT2D eigenvalue weighted by molar-refractivity contribution is 7.92. The van der Waals surface area contributed by atoms with Crippen molar-refractivity contribution in [3.8, 4) is 5.75 Å². The van der Waals surface area contributed by atoms with Crippen molar-refractivity contribution in [2.24, 2.45) is 0 Å². The zero-order valence-corrected chi connectivity index (χ0v) is 25.6. The van der Waals surface area contributed by atoms with Gasteiger partial charge in [0.15, 0.2) is 0 Å². The van der Waals surface area contributed by atoms with E-state index >= 15 is 0 Å². The third kappa shape index (κ3) is 7.83. The minimum absolute atomic E-state index is 0.0357. The molecule has 2 amide bonds. The zero-order valence-electron chi connectivity index (χ0n) is 24.0. The largest absolute Gasteiger partial charge is 0.492 e. The van der Waals surface area contributed by atoms with Gasteiger partial charge in [-0.2, -0.15) is 0 Å². The molecule has 3 aromatic rings. The Balaban J connectivity index is 1.70. The van der Waals surface area contributed by atoms with E-state index in [-0.39, 0.29) is 29.1 Å². The lowest BCUT2D eigenvalue weighted by atomic mass is 9.95. The highest BCUT2D eigenvalue weighted by Crippen LogP contribution is 2.33. The van der Waals surface area contributed by atoms with Crippen molar-refractivity contribution in [2.45, 2.75) is 69.5 Å². The van der Waals surface area contributed by atoms with E-state index in [4.69, 9.17) is 16.3 Å². The van der Waals surface area contributed by atoms with Crippen LogP contribution in [0.15, 0.2) is 83.8 Å². The van der Waals surface area contributed by atoms with Crippen LogP contribution < -0.4 is 14.4 Å². The van der Waals surface area contributed by atoms with Gasteiger partial charge in [0.05, 0.1) is 17.2 Å². The molecule has 0 saturated heterocycles. The molecule has 1 atom stereocenters. The number of hydrogen-bond donors (Lipinski definition) is 1. The topological polar surface area (TPSA) is 96.0 Å². The van der Waals surface area contributed by atoms with Gasteiger partial charge in [0.1, 0.15) is 18.3 Å². The average molecular weight is 612 g/mol. The summed E-state index contributed by atoms with van der Waals surface area (Å²) in [6.07, 6.45) is 5.05. The number of amides is 2. The molecule has 0 bridgehead atoms. The van der Waals surface area contributed by atoms with E-state index in [0.29, 0.717) is 17.4 Å². The molecular formula is C32H38ClN3O5S. The Morgan fingerprint density at radius 2 is 1.67 bits per heavy atom. The minimum atomic E-state index is -4.19. The van der Waals surface area contributed by atoms with Gasteiger partial charge in [0.2, 0.25) is 11.8 Å². The van der Waals surface area contributed by atoms with Crippen LogP contribution in [-0.4, -0.2) is 50.4 Å². The smallest absolute Gasteiger partial charge is 0.264 e. The van der Waals surface area contributed by atoms with Crippen LogP contribution in [0.4, 0.5) is 5.69 Å². The summed E-state index contributed by atoms with van der Waals surface area (Å²) in [7, 11) is -4.19. The zero-order chi connectivity index (χ0) is 30.1. The van der Waals surface area contributed by atoms with Crippen LogP contribution in [0, 0.1) is 0 Å². The van der Waals surface area contributed by atoms with Gasteiger partial charge in [-0.25, -0.2) is 8.42 Å². The predicted octanol–water partition coefficient (Wildman–Crippen LogP) is 5.80. The monoisotopic (exact) mass is 611 g/mol. The van der Waals surface area contributed by atoms with Crippen LogP contribution in [0.2, 0.25) is 5.02 Å². The molecule has 0 aliphatic heterocycles. The maximum absolute atomic E-state index is 14.2. The van der Waals surface area contributed by atoms with Crippen molar-refractivity contribution in [2.75, 3.05) is 17.5 Å². The molecule has 1 N–H and O–H groups in total. The van der Waals surface area contributed by atoms with Gasteiger partial charge < -0.3 is 15.0 Å². The summed E-state index contributed by atoms with van der Waals surface area (Å²) in [5.41, 5.74) is 0.957. The number of nitrogens with one attached hydrogen (secondary N) is 1. The average Bonchev–Trinajstić information content (AvgIpc) is 2.99. The molecular weight excluding hydrogens is 574 g/mol. The number of carbonyl (C=O) groups excluding carboxylic acids is 2. The molecule has 1 fully saturated rings. The molecule has 8 nitrogen and oxygen atoms in total. The standard InChI is InChI=1S/C32H38ClN3O5S/c1-3-41-30-20-11-10-19-29(30)36(42(39,40)28-17-8-5-9-18-28)23-31(37)35(22-25-13-12-14-26(33)21-25)24(2)32(38)34-27-15-6-4-7-16-27/h5,8-14,17-21,24,27H,3-4,6-7,15-16,22-23H2,1-2H3,(H,34,38)/t24-/m1/s1. The molecule has 1 saturated carbocycles. The van der Waals surface area contributed by atoms with E-state index in [1.54, 1.807) is 74.5 Å². The number of benzene rings is 3. The van der Waals surface area contributed by atoms with Gasteiger partial charge in [-0.05, 0) is 68.7 Å². The lowest BCUT2D eigenvalue weighted by molar-refractivity contribution is -0.139. The predicted molar refractivity (Wildman–Crippen MR) is 165 cm³/mol. The molecule has 10 heteroatoms. The fraction of sp³-hybridized carbons (Fsp3) is 0.375. The minimum Gasteiger partial charge on any atom is -0.492 e. The molecule has 0 radical (unpaired) electrons. The van der Waals surface area contributed by atoms with Crippen molar-refractivity contribution in [3.63, 3.8) is 0 Å². The Kier molecular flexibility index (Phi) is 10.9. The number of para-hydroxylation sites is 2. The Bertz CT molecular complexity index is 1460. The van der Waals surface area contributed by atoms with Crippen LogP contribution in [0.1, 0.15) is 51.5 Å². The highest BCUT2D eigenvalue weighted by Gasteiger charge is 2.34. The van der Waals surface area contributed by atoms with Crippen molar-refractivity contribution in [1.29, 1.82) is 0 Å². The Labute approximate surface area is 253 Å². The summed E-state index contributed by atoms with van der Waals surface area (Å²) >= 11 is 6.23. The number of hydrogen-bond acceptors (Lipinski definition) is 5. The van der Waals surface area contributed by atoms with Crippen molar-refractivity contribution in [1.82, 2.24) is 10.2 Å². The summed E-state index contributed by atoms with van der Waals surface area (Å²) in [6.45, 7) is 3.32. The maximum Gasteiger partial charge on any atom is 0.264 e. The molecule has 3 aromatic carbocycles. The SMILES string of the molecule is CCOc1ccccc1N(CC(=O)N(Cc1cccc(Cl)c1)[C@H](C)C(=O)NC1CCCCC1)S(=O)(=O)c1ccccc1. The summed E-state index contributed by atoms with van der Waals surface area (Å²) in [5.74, 6) is -0.478. The number of anilines is 1. The van der Waals surface area contributed by atoms with E-state index in [0.717, 1.165) is 42.0 Å². The van der Waals surface area contributed by atoms with Gasteiger partial charge in [0.25, 0.3) is 10.0 Å². The first-order valence-corrected chi connectivity index (χ1v) is 16.2. The Morgan fingerprint density at radius 3 is 2.36 bits per heavy atom. The number of sulfonamides is 1. The quantitative estimate of drug-likeness (QED) is 0.279. The van der Waals surface area contributed by atoms with E-state index in [2.05, 4.69) is 5.32 Å². The fourth-order valence-corrected chi connectivity index (χ4v) is 6.82. The molecule has 0 aromatic heterocycles. The number of rotatable bonds is 12. The number of halogens is 1. The fourth-order valence-electron chi connectivity index (χ4n) is 5.16. The summed E-state index contributed by atoms with van der Waals surface area (Å²) in [4.78, 5) is 29.1. The third-order valence-corrected chi connectivity index (χ3v) is 9.41. The van der Waals surface area contributed by atoms with E-state index in [1.807, 2.05) is 6.07 Å². The molecule has 0 spiro atoms. The molecule has 224 valence electrons. The third-order valence-electron chi connectivity index (χ3n) is 7.40.